The molecule has 0 aliphatic carbocycles. The Balaban J connectivity index is 2.63. The number of fused-ring (bicyclic) bond motifs is 1. The van der Waals surface area contributed by atoms with Gasteiger partial charge in [0, 0.05) is 11.3 Å². The second-order valence-electron chi connectivity index (χ2n) is 3.38. The third kappa shape index (κ3) is 1.48. The van der Waals surface area contributed by atoms with Crippen LogP contribution in [0.4, 0.5) is 0 Å². The maximum Gasteiger partial charge on any atom is 0.159 e. The first-order chi connectivity index (χ1) is 6.72. The van der Waals surface area contributed by atoms with Gasteiger partial charge < -0.3 is 0 Å². The smallest absolute Gasteiger partial charge is 0.159 e. The zero-order chi connectivity index (χ0) is 10.1. The van der Waals surface area contributed by atoms with Gasteiger partial charge in [-0.15, -0.1) is 0 Å². The van der Waals surface area contributed by atoms with Crippen molar-refractivity contribution in [2.45, 2.75) is 26.7 Å². The second-order valence-corrected chi connectivity index (χ2v) is 3.77. The molecule has 0 amide bonds. The molecular weight excluding hydrogens is 198 g/mol. The average Bonchev–Trinajstić information content (AvgIpc) is 2.49. The summed E-state index contributed by atoms with van der Waals surface area (Å²) in [5.74, 6) is 0. The topological polar surface area (TPSA) is 30.2 Å². The van der Waals surface area contributed by atoms with E-state index in [1.54, 1.807) is 10.7 Å². The van der Waals surface area contributed by atoms with Crippen molar-refractivity contribution in [3.8, 4) is 0 Å². The molecule has 0 N–H and O–H groups in total. The Labute approximate surface area is 87.7 Å². The lowest BCUT2D eigenvalue weighted by atomic mass is 10.2. The Bertz CT molecular complexity index is 462. The highest BCUT2D eigenvalue weighted by atomic mass is 35.5. The van der Waals surface area contributed by atoms with Crippen LogP contribution in [-0.4, -0.2) is 14.6 Å². The summed E-state index contributed by atoms with van der Waals surface area (Å²) in [6.07, 6.45) is 3.82. The number of halogens is 1. The summed E-state index contributed by atoms with van der Waals surface area (Å²) in [5.41, 5.74) is 2.96. The fourth-order valence-electron chi connectivity index (χ4n) is 1.47. The molecule has 0 aliphatic rings. The highest BCUT2D eigenvalue weighted by Gasteiger charge is 2.06. The van der Waals surface area contributed by atoms with E-state index in [1.807, 2.05) is 13.0 Å². The third-order valence-electron chi connectivity index (χ3n) is 2.16. The number of hydrogen-bond donors (Lipinski definition) is 0. The molecule has 0 aromatic carbocycles. The van der Waals surface area contributed by atoms with E-state index in [9.17, 15) is 0 Å². The summed E-state index contributed by atoms with van der Waals surface area (Å²) in [4.78, 5) is 4.50. The Morgan fingerprint density at radius 3 is 3.00 bits per heavy atom. The summed E-state index contributed by atoms with van der Waals surface area (Å²) >= 11 is 6.07. The van der Waals surface area contributed by atoms with Crippen LogP contribution >= 0.6 is 11.6 Å². The lowest BCUT2D eigenvalue weighted by Crippen LogP contribution is -1.97. The molecule has 74 valence electrons. The Kier molecular flexibility index (Phi) is 2.42. The second kappa shape index (κ2) is 3.58. The number of aryl methyl sites for hydroxylation is 2. The van der Waals surface area contributed by atoms with Gasteiger partial charge >= 0.3 is 0 Å². The average molecular weight is 210 g/mol. The Morgan fingerprint density at radius 2 is 2.29 bits per heavy atom. The van der Waals surface area contributed by atoms with Gasteiger partial charge in [-0.1, -0.05) is 24.9 Å². The zero-order valence-electron chi connectivity index (χ0n) is 8.29. The van der Waals surface area contributed by atoms with E-state index in [1.165, 1.54) is 0 Å². The standard InChI is InChI=1S/C10H12ClN3/c1-3-4-8-5-9(11)14-10(13-8)7(2)6-12-14/h5-6H,3-4H2,1-2H3. The van der Waals surface area contributed by atoms with Crippen LogP contribution in [-0.2, 0) is 6.42 Å². The summed E-state index contributed by atoms with van der Waals surface area (Å²) in [5, 5.41) is 4.77. The lowest BCUT2D eigenvalue weighted by Gasteiger charge is -2.01. The quantitative estimate of drug-likeness (QED) is 0.712. The molecule has 0 saturated carbocycles. The van der Waals surface area contributed by atoms with Crippen molar-refractivity contribution < 1.29 is 0 Å². The monoisotopic (exact) mass is 209 g/mol. The van der Waals surface area contributed by atoms with Crippen LogP contribution in [0, 0.1) is 6.92 Å². The van der Waals surface area contributed by atoms with Crippen molar-refractivity contribution in [2.75, 3.05) is 0 Å². The van der Waals surface area contributed by atoms with Gasteiger partial charge in [0.2, 0.25) is 0 Å². The van der Waals surface area contributed by atoms with E-state index in [2.05, 4.69) is 17.0 Å². The maximum absolute atomic E-state index is 6.07. The van der Waals surface area contributed by atoms with Crippen LogP contribution < -0.4 is 0 Å². The minimum Gasteiger partial charge on any atom is -0.233 e. The zero-order valence-corrected chi connectivity index (χ0v) is 9.04. The number of rotatable bonds is 2. The molecule has 2 aromatic heterocycles. The molecule has 0 atom stereocenters. The van der Waals surface area contributed by atoms with Crippen molar-refractivity contribution in [2.24, 2.45) is 0 Å². The maximum atomic E-state index is 6.07. The minimum atomic E-state index is 0.631. The predicted molar refractivity (Wildman–Crippen MR) is 56.7 cm³/mol. The largest absolute Gasteiger partial charge is 0.233 e. The van der Waals surface area contributed by atoms with E-state index in [0.29, 0.717) is 5.15 Å². The number of nitrogens with zero attached hydrogens (tertiary/aromatic N) is 3. The van der Waals surface area contributed by atoms with E-state index >= 15 is 0 Å². The molecule has 4 heteroatoms. The normalized spacial score (nSPS) is 11.1. The molecule has 0 spiro atoms. The van der Waals surface area contributed by atoms with Crippen molar-refractivity contribution in [3.05, 3.63) is 28.7 Å². The summed E-state index contributed by atoms with van der Waals surface area (Å²) in [6, 6.07) is 1.88. The van der Waals surface area contributed by atoms with E-state index in [4.69, 9.17) is 11.6 Å². The molecule has 0 fully saturated rings. The van der Waals surface area contributed by atoms with Gasteiger partial charge in [0.1, 0.15) is 5.15 Å². The highest BCUT2D eigenvalue weighted by Crippen LogP contribution is 2.16. The van der Waals surface area contributed by atoms with Crippen LogP contribution in [0.1, 0.15) is 24.6 Å². The van der Waals surface area contributed by atoms with Crippen LogP contribution in [0.25, 0.3) is 5.65 Å². The van der Waals surface area contributed by atoms with Crippen molar-refractivity contribution in [1.29, 1.82) is 0 Å². The fraction of sp³-hybridized carbons (Fsp3) is 0.400. The fourth-order valence-corrected chi connectivity index (χ4v) is 1.72. The van der Waals surface area contributed by atoms with Gasteiger partial charge in [0.05, 0.1) is 6.20 Å². The van der Waals surface area contributed by atoms with Crippen molar-refractivity contribution in [3.63, 3.8) is 0 Å². The molecule has 0 unspecified atom stereocenters. The van der Waals surface area contributed by atoms with Gasteiger partial charge in [-0.2, -0.15) is 5.10 Å². The van der Waals surface area contributed by atoms with Crippen molar-refractivity contribution in [1.82, 2.24) is 14.6 Å². The molecule has 3 nitrogen and oxygen atoms in total. The molecule has 2 heterocycles. The van der Waals surface area contributed by atoms with E-state index in [0.717, 1.165) is 29.7 Å². The van der Waals surface area contributed by atoms with Gasteiger partial charge in [-0.25, -0.2) is 9.50 Å². The molecule has 2 aromatic rings. The highest BCUT2D eigenvalue weighted by molar-refractivity contribution is 6.29. The molecule has 0 saturated heterocycles. The number of hydrogen-bond acceptors (Lipinski definition) is 2. The lowest BCUT2D eigenvalue weighted by molar-refractivity contribution is 0.858. The van der Waals surface area contributed by atoms with E-state index < -0.39 is 0 Å². The molecule has 14 heavy (non-hydrogen) atoms. The first-order valence-corrected chi connectivity index (χ1v) is 5.10. The van der Waals surface area contributed by atoms with Gasteiger partial charge in [0.15, 0.2) is 5.65 Å². The SMILES string of the molecule is CCCc1cc(Cl)n2ncc(C)c2n1. The summed E-state index contributed by atoms with van der Waals surface area (Å²) < 4.78 is 1.66. The number of aromatic nitrogens is 3. The van der Waals surface area contributed by atoms with Gasteiger partial charge in [0.25, 0.3) is 0 Å². The summed E-state index contributed by atoms with van der Waals surface area (Å²) in [7, 11) is 0. The molecular formula is C10H12ClN3. The molecule has 2 rings (SSSR count). The summed E-state index contributed by atoms with van der Waals surface area (Å²) in [6.45, 7) is 4.12. The van der Waals surface area contributed by atoms with Crippen LogP contribution in [0.15, 0.2) is 12.3 Å². The minimum absolute atomic E-state index is 0.631. The molecule has 0 radical (unpaired) electrons. The third-order valence-corrected chi connectivity index (χ3v) is 2.43. The van der Waals surface area contributed by atoms with E-state index in [-0.39, 0.29) is 0 Å². The predicted octanol–water partition coefficient (Wildman–Crippen LogP) is 2.64. The van der Waals surface area contributed by atoms with Crippen LogP contribution in [0.2, 0.25) is 5.15 Å². The Hall–Kier alpha value is -1.09. The first kappa shape index (κ1) is 9.46. The molecule has 0 aliphatic heterocycles. The van der Waals surface area contributed by atoms with Crippen LogP contribution in [0.3, 0.4) is 0 Å². The Morgan fingerprint density at radius 1 is 1.50 bits per heavy atom. The molecule has 0 bridgehead atoms. The first-order valence-electron chi connectivity index (χ1n) is 4.72. The van der Waals surface area contributed by atoms with Crippen LogP contribution in [0.5, 0.6) is 0 Å². The van der Waals surface area contributed by atoms with Gasteiger partial charge in [-0.3, -0.25) is 0 Å². The van der Waals surface area contributed by atoms with Gasteiger partial charge in [-0.05, 0) is 19.4 Å². The van der Waals surface area contributed by atoms with Crippen molar-refractivity contribution >= 4 is 17.2 Å².